The van der Waals surface area contributed by atoms with Crippen molar-refractivity contribution in [2.75, 3.05) is 28.3 Å². The van der Waals surface area contributed by atoms with Crippen LogP contribution in [0.3, 0.4) is 0 Å². The number of carbonyl (C=O) groups excluding carboxylic acids is 2. The summed E-state index contributed by atoms with van der Waals surface area (Å²) in [5.41, 5.74) is 1.96. The van der Waals surface area contributed by atoms with Crippen LogP contribution in [0.1, 0.15) is 41.4 Å². The second-order valence-corrected chi connectivity index (χ2v) is 9.55. The summed E-state index contributed by atoms with van der Waals surface area (Å²) in [4.78, 5) is 26.2. The SMILES string of the molecule is Cc1cc(NC(=O)c2ccc(N3CCCC3=O)cc2)n(C2CCS(=O)(=O)C2)n1. The maximum absolute atomic E-state index is 12.7. The Morgan fingerprint density at radius 2 is 2.00 bits per heavy atom. The average molecular weight is 402 g/mol. The lowest BCUT2D eigenvalue weighted by molar-refractivity contribution is -0.117. The molecular formula is C19H22N4O4S. The molecule has 2 amide bonds. The number of rotatable bonds is 4. The molecule has 1 atom stereocenters. The third-order valence-electron chi connectivity index (χ3n) is 5.17. The number of sulfone groups is 1. The van der Waals surface area contributed by atoms with Gasteiger partial charge in [-0.05, 0) is 44.0 Å². The van der Waals surface area contributed by atoms with Crippen molar-refractivity contribution in [2.45, 2.75) is 32.2 Å². The Kier molecular flexibility index (Phi) is 4.70. The van der Waals surface area contributed by atoms with Crippen LogP contribution in [0, 0.1) is 6.92 Å². The first-order valence-corrected chi connectivity index (χ1v) is 11.1. The molecule has 0 radical (unpaired) electrons. The van der Waals surface area contributed by atoms with Gasteiger partial charge in [0.25, 0.3) is 5.91 Å². The number of nitrogens with one attached hydrogen (secondary N) is 1. The van der Waals surface area contributed by atoms with Crippen molar-refractivity contribution >= 4 is 33.2 Å². The van der Waals surface area contributed by atoms with E-state index in [1.54, 1.807) is 46.8 Å². The molecular weight excluding hydrogens is 380 g/mol. The molecule has 0 bridgehead atoms. The van der Waals surface area contributed by atoms with Crippen LogP contribution in [0.2, 0.25) is 0 Å². The number of amides is 2. The van der Waals surface area contributed by atoms with E-state index in [9.17, 15) is 18.0 Å². The molecule has 1 aromatic heterocycles. The lowest BCUT2D eigenvalue weighted by atomic mass is 10.2. The highest BCUT2D eigenvalue weighted by molar-refractivity contribution is 7.91. The van der Waals surface area contributed by atoms with Gasteiger partial charge in [0, 0.05) is 30.3 Å². The molecule has 148 valence electrons. The smallest absolute Gasteiger partial charge is 0.256 e. The van der Waals surface area contributed by atoms with Crippen molar-refractivity contribution < 1.29 is 18.0 Å². The van der Waals surface area contributed by atoms with Gasteiger partial charge in [0.1, 0.15) is 5.82 Å². The number of aromatic nitrogens is 2. The molecule has 4 rings (SSSR count). The minimum atomic E-state index is -3.05. The zero-order valence-electron chi connectivity index (χ0n) is 15.6. The van der Waals surface area contributed by atoms with Crippen molar-refractivity contribution in [3.8, 4) is 0 Å². The number of aryl methyl sites for hydroxylation is 1. The molecule has 1 unspecified atom stereocenters. The molecule has 2 aromatic rings. The predicted molar refractivity (Wildman–Crippen MR) is 105 cm³/mol. The van der Waals surface area contributed by atoms with Crippen molar-refractivity contribution in [1.29, 1.82) is 0 Å². The first-order valence-electron chi connectivity index (χ1n) is 9.31. The fourth-order valence-electron chi connectivity index (χ4n) is 3.76. The molecule has 2 aliphatic heterocycles. The van der Waals surface area contributed by atoms with Crippen LogP contribution in [-0.2, 0) is 14.6 Å². The topological polar surface area (TPSA) is 101 Å². The van der Waals surface area contributed by atoms with Crippen molar-refractivity contribution in [3.63, 3.8) is 0 Å². The zero-order valence-corrected chi connectivity index (χ0v) is 16.4. The monoisotopic (exact) mass is 402 g/mol. The van der Waals surface area contributed by atoms with Crippen LogP contribution in [0.4, 0.5) is 11.5 Å². The lowest BCUT2D eigenvalue weighted by Gasteiger charge is -2.16. The normalized spacial score (nSPS) is 21.2. The predicted octanol–water partition coefficient (Wildman–Crippen LogP) is 1.93. The average Bonchev–Trinajstić information content (AvgIpc) is 3.33. The summed E-state index contributed by atoms with van der Waals surface area (Å²) >= 11 is 0. The van der Waals surface area contributed by atoms with E-state index in [-0.39, 0.29) is 29.4 Å². The molecule has 1 aromatic carbocycles. The van der Waals surface area contributed by atoms with Crippen LogP contribution in [0.25, 0.3) is 0 Å². The quantitative estimate of drug-likeness (QED) is 0.842. The van der Waals surface area contributed by atoms with Gasteiger partial charge in [0.05, 0.1) is 23.2 Å². The molecule has 2 saturated heterocycles. The number of carbonyl (C=O) groups is 2. The summed E-state index contributed by atoms with van der Waals surface area (Å²) in [6.07, 6.45) is 1.90. The first kappa shape index (κ1) is 18.7. The second kappa shape index (κ2) is 7.05. The Morgan fingerprint density at radius 3 is 2.61 bits per heavy atom. The fourth-order valence-corrected chi connectivity index (χ4v) is 5.45. The van der Waals surface area contributed by atoms with Gasteiger partial charge in [-0.3, -0.25) is 9.59 Å². The summed E-state index contributed by atoms with van der Waals surface area (Å²) in [5.74, 6) is 0.462. The van der Waals surface area contributed by atoms with E-state index in [4.69, 9.17) is 0 Å². The van der Waals surface area contributed by atoms with E-state index in [2.05, 4.69) is 10.4 Å². The highest BCUT2D eigenvalue weighted by Gasteiger charge is 2.31. The van der Waals surface area contributed by atoms with Gasteiger partial charge in [-0.15, -0.1) is 0 Å². The van der Waals surface area contributed by atoms with E-state index in [0.29, 0.717) is 36.5 Å². The number of benzene rings is 1. The van der Waals surface area contributed by atoms with Crippen LogP contribution in [-0.4, -0.2) is 48.1 Å². The van der Waals surface area contributed by atoms with E-state index in [1.165, 1.54) is 0 Å². The summed E-state index contributed by atoms with van der Waals surface area (Å²) in [6.45, 7) is 2.50. The standard InChI is InChI=1S/C19H22N4O4S/c1-13-11-17(23(21-13)16-8-10-28(26,27)12-16)20-19(25)14-4-6-15(7-5-14)22-9-2-3-18(22)24/h4-7,11,16H,2-3,8-10,12H2,1H3,(H,20,25). The Morgan fingerprint density at radius 1 is 1.25 bits per heavy atom. The number of hydrogen-bond donors (Lipinski definition) is 1. The fraction of sp³-hybridized carbons (Fsp3) is 0.421. The van der Waals surface area contributed by atoms with Gasteiger partial charge in [-0.1, -0.05) is 0 Å². The van der Waals surface area contributed by atoms with Gasteiger partial charge in [0.15, 0.2) is 9.84 Å². The van der Waals surface area contributed by atoms with Crippen molar-refractivity contribution in [1.82, 2.24) is 9.78 Å². The zero-order chi connectivity index (χ0) is 19.9. The third kappa shape index (κ3) is 3.66. The first-order chi connectivity index (χ1) is 13.3. The molecule has 28 heavy (non-hydrogen) atoms. The minimum absolute atomic E-state index is 0.0373. The van der Waals surface area contributed by atoms with E-state index >= 15 is 0 Å². The summed E-state index contributed by atoms with van der Waals surface area (Å²) in [5, 5.41) is 7.21. The molecule has 8 nitrogen and oxygen atoms in total. The molecule has 0 spiro atoms. The number of nitrogens with zero attached hydrogens (tertiary/aromatic N) is 3. The van der Waals surface area contributed by atoms with E-state index in [1.807, 2.05) is 0 Å². The summed E-state index contributed by atoms with van der Waals surface area (Å²) < 4.78 is 25.2. The lowest BCUT2D eigenvalue weighted by Crippen LogP contribution is -2.23. The summed E-state index contributed by atoms with van der Waals surface area (Å²) in [6, 6.07) is 8.37. The van der Waals surface area contributed by atoms with Crippen LogP contribution >= 0.6 is 0 Å². The van der Waals surface area contributed by atoms with Crippen LogP contribution < -0.4 is 10.2 Å². The Balaban J connectivity index is 1.50. The van der Waals surface area contributed by atoms with Gasteiger partial charge < -0.3 is 10.2 Å². The highest BCUT2D eigenvalue weighted by atomic mass is 32.2. The van der Waals surface area contributed by atoms with Gasteiger partial charge in [0.2, 0.25) is 5.91 Å². The Hall–Kier alpha value is -2.68. The highest BCUT2D eigenvalue weighted by Crippen LogP contribution is 2.27. The second-order valence-electron chi connectivity index (χ2n) is 7.32. The molecule has 3 heterocycles. The maximum atomic E-state index is 12.7. The molecule has 1 N–H and O–H groups in total. The van der Waals surface area contributed by atoms with E-state index in [0.717, 1.165) is 12.1 Å². The van der Waals surface area contributed by atoms with E-state index < -0.39 is 9.84 Å². The van der Waals surface area contributed by atoms with Crippen molar-refractivity contribution in [3.05, 3.63) is 41.6 Å². The van der Waals surface area contributed by atoms with Crippen LogP contribution in [0.5, 0.6) is 0 Å². The Bertz CT molecular complexity index is 1030. The number of anilines is 2. The number of hydrogen-bond acceptors (Lipinski definition) is 5. The van der Waals surface area contributed by atoms with Crippen molar-refractivity contribution in [2.24, 2.45) is 0 Å². The maximum Gasteiger partial charge on any atom is 0.256 e. The van der Waals surface area contributed by atoms with Gasteiger partial charge >= 0.3 is 0 Å². The minimum Gasteiger partial charge on any atom is -0.312 e. The molecule has 2 fully saturated rings. The molecule has 9 heteroatoms. The van der Waals surface area contributed by atoms with Gasteiger partial charge in [-0.2, -0.15) is 5.10 Å². The van der Waals surface area contributed by atoms with Gasteiger partial charge in [-0.25, -0.2) is 13.1 Å². The van der Waals surface area contributed by atoms with Crippen LogP contribution in [0.15, 0.2) is 30.3 Å². The molecule has 0 aliphatic carbocycles. The third-order valence-corrected chi connectivity index (χ3v) is 6.92. The Labute approximate surface area is 163 Å². The molecule has 0 saturated carbocycles. The largest absolute Gasteiger partial charge is 0.312 e. The molecule has 2 aliphatic rings. The summed E-state index contributed by atoms with van der Waals surface area (Å²) in [7, 11) is -3.05.